The van der Waals surface area contributed by atoms with Crippen LogP contribution in [0, 0.1) is 13.8 Å². The Morgan fingerprint density at radius 1 is 1.25 bits per heavy atom. The second kappa shape index (κ2) is 7.73. The molecule has 6 heteroatoms. The lowest BCUT2D eigenvalue weighted by Gasteiger charge is -2.24. The number of aryl methyl sites for hydroxylation is 1. The van der Waals surface area contributed by atoms with Gasteiger partial charge in [-0.25, -0.2) is 0 Å². The Kier molecular flexibility index (Phi) is 6.46. The quantitative estimate of drug-likeness (QED) is 0.870. The molecule has 24 heavy (non-hydrogen) atoms. The van der Waals surface area contributed by atoms with Gasteiger partial charge < -0.3 is 20.4 Å². The molecule has 1 amide bonds. The predicted molar refractivity (Wildman–Crippen MR) is 99.6 cm³/mol. The Morgan fingerprint density at radius 3 is 2.33 bits per heavy atom. The maximum atomic E-state index is 12.5. The number of benzene rings is 1. The highest BCUT2D eigenvalue weighted by Crippen LogP contribution is 2.23. The predicted octanol–water partition coefficient (Wildman–Crippen LogP) is 2.99. The Balaban J connectivity index is 0.00000288. The molecule has 0 aliphatic heterocycles. The highest BCUT2D eigenvalue weighted by atomic mass is 35.5. The van der Waals surface area contributed by atoms with Crippen LogP contribution >= 0.6 is 12.4 Å². The molecule has 0 saturated heterocycles. The van der Waals surface area contributed by atoms with E-state index in [1.54, 1.807) is 7.11 Å². The molecule has 2 aromatic rings. The standard InChI is InChI=1S/C18H25N3O2.ClH/c1-12-10-16(17(22)20-18(3,4)11-19)13(2)21(12)14-6-8-15(23-5)9-7-14;/h6-10H,11,19H2,1-5H3,(H,20,22);1H. The zero-order valence-corrected chi connectivity index (χ0v) is 15.7. The Morgan fingerprint density at radius 2 is 1.83 bits per heavy atom. The normalized spacial score (nSPS) is 10.9. The third-order valence-electron chi connectivity index (χ3n) is 3.97. The van der Waals surface area contributed by atoms with Crippen LogP contribution in [-0.4, -0.2) is 29.7 Å². The molecule has 1 aromatic carbocycles. The summed E-state index contributed by atoms with van der Waals surface area (Å²) in [5, 5.41) is 2.98. The number of hydrogen-bond acceptors (Lipinski definition) is 3. The van der Waals surface area contributed by atoms with Crippen LogP contribution in [0.5, 0.6) is 5.75 Å². The number of rotatable bonds is 5. The van der Waals surface area contributed by atoms with Gasteiger partial charge in [-0.05, 0) is 58.0 Å². The van der Waals surface area contributed by atoms with Crippen LogP contribution in [0.1, 0.15) is 35.6 Å². The minimum absolute atomic E-state index is 0. The summed E-state index contributed by atoms with van der Waals surface area (Å²) in [6, 6.07) is 9.67. The van der Waals surface area contributed by atoms with Gasteiger partial charge in [-0.15, -0.1) is 12.4 Å². The van der Waals surface area contributed by atoms with E-state index in [2.05, 4.69) is 9.88 Å². The minimum Gasteiger partial charge on any atom is -0.497 e. The van der Waals surface area contributed by atoms with E-state index in [4.69, 9.17) is 10.5 Å². The van der Waals surface area contributed by atoms with Crippen LogP contribution in [0.4, 0.5) is 0 Å². The molecule has 0 atom stereocenters. The molecule has 2 rings (SSSR count). The molecule has 0 bridgehead atoms. The highest BCUT2D eigenvalue weighted by Gasteiger charge is 2.22. The number of methoxy groups -OCH3 is 1. The largest absolute Gasteiger partial charge is 0.497 e. The molecule has 0 fully saturated rings. The smallest absolute Gasteiger partial charge is 0.253 e. The summed E-state index contributed by atoms with van der Waals surface area (Å²) in [6.07, 6.45) is 0. The second-order valence-electron chi connectivity index (χ2n) is 6.36. The van der Waals surface area contributed by atoms with Crippen LogP contribution in [-0.2, 0) is 0 Å². The van der Waals surface area contributed by atoms with Crippen LogP contribution in [0.3, 0.4) is 0 Å². The van der Waals surface area contributed by atoms with Crippen LogP contribution in [0.25, 0.3) is 5.69 Å². The molecule has 0 unspecified atom stereocenters. The fourth-order valence-corrected chi connectivity index (χ4v) is 2.55. The average molecular weight is 352 g/mol. The van der Waals surface area contributed by atoms with Crippen molar-refractivity contribution in [2.45, 2.75) is 33.2 Å². The van der Waals surface area contributed by atoms with Crippen LogP contribution < -0.4 is 15.8 Å². The van der Waals surface area contributed by atoms with Crippen molar-refractivity contribution in [3.63, 3.8) is 0 Å². The number of nitrogens with one attached hydrogen (secondary N) is 1. The summed E-state index contributed by atoms with van der Waals surface area (Å²) in [7, 11) is 1.64. The molecular formula is C18H26ClN3O2. The van der Waals surface area contributed by atoms with Crippen molar-refractivity contribution < 1.29 is 9.53 Å². The number of nitrogens with zero attached hydrogens (tertiary/aromatic N) is 1. The van der Waals surface area contributed by atoms with Crippen molar-refractivity contribution in [2.24, 2.45) is 5.73 Å². The van der Waals surface area contributed by atoms with E-state index < -0.39 is 5.54 Å². The summed E-state index contributed by atoms with van der Waals surface area (Å²) in [6.45, 7) is 8.14. The van der Waals surface area contributed by atoms with Crippen molar-refractivity contribution in [1.29, 1.82) is 0 Å². The Hall–Kier alpha value is -1.98. The lowest BCUT2D eigenvalue weighted by atomic mass is 10.1. The van der Waals surface area contributed by atoms with E-state index in [0.717, 1.165) is 22.8 Å². The minimum atomic E-state index is -0.431. The number of carbonyl (C=O) groups is 1. The van der Waals surface area contributed by atoms with E-state index >= 15 is 0 Å². The number of carbonyl (C=O) groups excluding carboxylic acids is 1. The highest BCUT2D eigenvalue weighted by molar-refractivity contribution is 5.96. The third-order valence-corrected chi connectivity index (χ3v) is 3.97. The van der Waals surface area contributed by atoms with Gasteiger partial charge in [-0.1, -0.05) is 0 Å². The monoisotopic (exact) mass is 351 g/mol. The van der Waals surface area contributed by atoms with Gasteiger partial charge in [0.2, 0.25) is 0 Å². The van der Waals surface area contributed by atoms with Crippen molar-refractivity contribution in [3.05, 3.63) is 47.3 Å². The van der Waals surface area contributed by atoms with Gasteiger partial charge in [0.1, 0.15) is 5.75 Å². The van der Waals surface area contributed by atoms with Crippen molar-refractivity contribution in [3.8, 4) is 11.4 Å². The topological polar surface area (TPSA) is 69.3 Å². The fourth-order valence-electron chi connectivity index (χ4n) is 2.55. The van der Waals surface area contributed by atoms with Crippen LogP contribution in [0.2, 0.25) is 0 Å². The second-order valence-corrected chi connectivity index (χ2v) is 6.36. The first kappa shape index (κ1) is 20.1. The van der Waals surface area contributed by atoms with Gasteiger partial charge >= 0.3 is 0 Å². The molecule has 0 aliphatic rings. The first-order valence-electron chi connectivity index (χ1n) is 7.65. The number of nitrogens with two attached hydrogens (primary N) is 1. The Bertz CT molecular complexity index is 706. The van der Waals surface area contributed by atoms with E-state index in [1.165, 1.54) is 0 Å². The molecule has 3 N–H and O–H groups in total. The van der Waals surface area contributed by atoms with Gasteiger partial charge in [0, 0.05) is 29.2 Å². The van der Waals surface area contributed by atoms with Crippen molar-refractivity contribution in [1.82, 2.24) is 9.88 Å². The molecule has 0 spiro atoms. The van der Waals surface area contributed by atoms with E-state index in [-0.39, 0.29) is 18.3 Å². The zero-order chi connectivity index (χ0) is 17.2. The van der Waals surface area contributed by atoms with Gasteiger partial charge in [-0.3, -0.25) is 4.79 Å². The molecule has 0 radical (unpaired) electrons. The van der Waals surface area contributed by atoms with Crippen molar-refractivity contribution in [2.75, 3.05) is 13.7 Å². The molecule has 0 aliphatic carbocycles. The number of ether oxygens (including phenoxy) is 1. The molecule has 1 aromatic heterocycles. The number of hydrogen-bond donors (Lipinski definition) is 2. The van der Waals surface area contributed by atoms with Crippen molar-refractivity contribution >= 4 is 18.3 Å². The molecular weight excluding hydrogens is 326 g/mol. The number of halogens is 1. The SMILES string of the molecule is COc1ccc(-n2c(C)cc(C(=O)NC(C)(C)CN)c2C)cc1.Cl. The van der Waals surface area contributed by atoms with E-state index in [9.17, 15) is 4.79 Å². The summed E-state index contributed by atoms with van der Waals surface area (Å²) >= 11 is 0. The molecule has 1 heterocycles. The lowest BCUT2D eigenvalue weighted by molar-refractivity contribution is 0.0915. The molecule has 132 valence electrons. The van der Waals surface area contributed by atoms with Gasteiger partial charge in [0.05, 0.1) is 12.7 Å². The summed E-state index contributed by atoms with van der Waals surface area (Å²) in [5.74, 6) is 0.701. The first-order chi connectivity index (χ1) is 10.8. The summed E-state index contributed by atoms with van der Waals surface area (Å²) < 4.78 is 7.25. The molecule has 5 nitrogen and oxygen atoms in total. The third kappa shape index (κ3) is 4.10. The Labute approximate surface area is 149 Å². The first-order valence-corrected chi connectivity index (χ1v) is 7.65. The van der Waals surface area contributed by atoms with Crippen LogP contribution in [0.15, 0.2) is 30.3 Å². The fraction of sp³-hybridized carbons (Fsp3) is 0.389. The van der Waals surface area contributed by atoms with Gasteiger partial charge in [0.25, 0.3) is 5.91 Å². The summed E-state index contributed by atoms with van der Waals surface area (Å²) in [4.78, 5) is 12.5. The number of aromatic nitrogens is 1. The number of amides is 1. The lowest BCUT2D eigenvalue weighted by Crippen LogP contribution is -2.48. The average Bonchev–Trinajstić information content (AvgIpc) is 2.82. The zero-order valence-electron chi connectivity index (χ0n) is 14.8. The van der Waals surface area contributed by atoms with E-state index in [0.29, 0.717) is 12.1 Å². The summed E-state index contributed by atoms with van der Waals surface area (Å²) in [5.41, 5.74) is 8.83. The van der Waals surface area contributed by atoms with Gasteiger partial charge in [-0.2, -0.15) is 0 Å². The maximum absolute atomic E-state index is 12.5. The van der Waals surface area contributed by atoms with E-state index in [1.807, 2.05) is 58.0 Å². The maximum Gasteiger partial charge on any atom is 0.253 e. The molecule has 0 saturated carbocycles. The van der Waals surface area contributed by atoms with Gasteiger partial charge in [0.15, 0.2) is 0 Å².